The van der Waals surface area contributed by atoms with Crippen LogP contribution in [0.4, 0.5) is 0 Å². The van der Waals surface area contributed by atoms with E-state index in [1.165, 1.54) is 6.07 Å². The molecule has 10 atom stereocenters. The van der Waals surface area contributed by atoms with E-state index in [0.29, 0.717) is 0 Å². The van der Waals surface area contributed by atoms with Crippen molar-refractivity contribution in [3.05, 3.63) is 46.1 Å². The number of ether oxygens (including phenoxy) is 3. The zero-order chi connectivity index (χ0) is 31.3. The van der Waals surface area contributed by atoms with Gasteiger partial charge in [-0.15, -0.1) is 0 Å². The van der Waals surface area contributed by atoms with Crippen LogP contribution in [0.2, 0.25) is 0 Å². The molecule has 0 amide bonds. The van der Waals surface area contributed by atoms with Crippen molar-refractivity contribution in [1.82, 2.24) is 0 Å². The van der Waals surface area contributed by atoms with Gasteiger partial charge in [-0.1, -0.05) is 0 Å². The summed E-state index contributed by atoms with van der Waals surface area (Å²) in [6.45, 7) is -1.66. The average Bonchev–Trinajstić information content (AvgIpc) is 2.97. The summed E-state index contributed by atoms with van der Waals surface area (Å²) in [5, 5.41) is 113. The third-order valence-corrected chi connectivity index (χ3v) is 7.55. The molecule has 3 heterocycles. The third kappa shape index (κ3) is 5.38. The number of fused-ring (bicyclic) bond motifs is 1. The number of phenolic OH excluding ortho intramolecular Hbond substituents is 4. The van der Waals surface area contributed by atoms with Gasteiger partial charge in [0.25, 0.3) is 0 Å². The molecule has 2 saturated heterocycles. The van der Waals surface area contributed by atoms with Crippen LogP contribution in [0, 0.1) is 0 Å². The Kier molecular flexibility index (Phi) is 8.52. The van der Waals surface area contributed by atoms with E-state index in [2.05, 4.69) is 0 Å². The summed E-state index contributed by atoms with van der Waals surface area (Å²) in [4.78, 5) is 13.2. The van der Waals surface area contributed by atoms with Gasteiger partial charge in [0.15, 0.2) is 28.8 Å². The van der Waals surface area contributed by atoms with Crippen LogP contribution in [-0.2, 0) is 14.2 Å². The average molecular weight is 611 g/mol. The molecule has 16 heteroatoms. The second-order valence-electron chi connectivity index (χ2n) is 10.3. The normalized spacial score (nSPS) is 33.1. The van der Waals surface area contributed by atoms with Gasteiger partial charge < -0.3 is 74.8 Å². The van der Waals surface area contributed by atoms with Crippen LogP contribution >= 0.6 is 0 Å². The van der Waals surface area contributed by atoms with Crippen LogP contribution in [0.25, 0.3) is 22.3 Å². The number of hydrogen-bond donors (Lipinski definition) is 11. The zero-order valence-corrected chi connectivity index (χ0v) is 22.0. The summed E-state index contributed by atoms with van der Waals surface area (Å²) in [7, 11) is 0. The maximum Gasteiger partial charge on any atom is 0.197 e. The molecule has 1 aromatic heterocycles. The highest BCUT2D eigenvalue weighted by molar-refractivity contribution is 5.89. The first-order chi connectivity index (χ1) is 20.4. The second kappa shape index (κ2) is 11.9. The Morgan fingerprint density at radius 3 is 2.00 bits per heavy atom. The van der Waals surface area contributed by atoms with E-state index in [1.807, 2.05) is 0 Å². The van der Waals surface area contributed by atoms with E-state index in [0.717, 1.165) is 24.3 Å². The predicted octanol–water partition coefficient (Wildman–Crippen LogP) is -2.38. The second-order valence-corrected chi connectivity index (χ2v) is 10.3. The molecule has 2 aliphatic rings. The molecule has 0 radical (unpaired) electrons. The highest BCUT2D eigenvalue weighted by Crippen LogP contribution is 2.45. The number of benzene rings is 2. The Balaban J connectivity index is 1.67. The first-order valence-electron chi connectivity index (χ1n) is 13.0. The third-order valence-electron chi connectivity index (χ3n) is 7.55. The fourth-order valence-electron chi connectivity index (χ4n) is 5.22. The van der Waals surface area contributed by atoms with Gasteiger partial charge in [0.2, 0.25) is 0 Å². The molecule has 2 fully saturated rings. The van der Waals surface area contributed by atoms with Crippen LogP contribution in [0.5, 0.6) is 23.0 Å². The van der Waals surface area contributed by atoms with Crippen molar-refractivity contribution in [1.29, 1.82) is 0 Å². The van der Waals surface area contributed by atoms with Crippen LogP contribution < -0.4 is 5.43 Å². The predicted molar refractivity (Wildman–Crippen MR) is 140 cm³/mol. The SMILES string of the molecule is O=c1cc(-c2ccc(O)c(O)c2)oc2c([C@@H]3OC(CO)[C@@H](O)[C@H](O)C3O[C@@H]3OC(CO)[C@@H](O)[C@H](O)C3O)c(O)cc(O)c12. The van der Waals surface area contributed by atoms with Gasteiger partial charge in [-0.25, -0.2) is 0 Å². The number of aliphatic hydroxyl groups is 7. The van der Waals surface area contributed by atoms with Crippen LogP contribution in [0.1, 0.15) is 11.7 Å². The van der Waals surface area contributed by atoms with Crippen molar-refractivity contribution >= 4 is 11.0 Å². The summed E-state index contributed by atoms with van der Waals surface area (Å²) < 4.78 is 22.7. The number of rotatable bonds is 6. The fraction of sp³-hybridized carbons (Fsp3) is 0.444. The minimum absolute atomic E-state index is 0.0884. The Morgan fingerprint density at radius 2 is 1.35 bits per heavy atom. The van der Waals surface area contributed by atoms with Gasteiger partial charge >= 0.3 is 0 Å². The number of aromatic hydroxyl groups is 4. The minimum atomic E-state index is -1.95. The van der Waals surface area contributed by atoms with E-state index in [1.54, 1.807) is 0 Å². The largest absolute Gasteiger partial charge is 0.507 e. The van der Waals surface area contributed by atoms with E-state index < -0.39 is 119 Å². The summed E-state index contributed by atoms with van der Waals surface area (Å²) in [6, 6.07) is 5.24. The Labute approximate surface area is 241 Å². The lowest BCUT2D eigenvalue weighted by molar-refractivity contribution is -0.342. The topological polar surface area (TPSA) is 280 Å². The maximum atomic E-state index is 13.2. The van der Waals surface area contributed by atoms with E-state index in [4.69, 9.17) is 18.6 Å². The van der Waals surface area contributed by atoms with Crippen molar-refractivity contribution in [3.63, 3.8) is 0 Å². The van der Waals surface area contributed by atoms with Crippen LogP contribution in [-0.4, -0.2) is 125 Å². The number of phenols is 4. The summed E-state index contributed by atoms with van der Waals surface area (Å²) in [5.41, 5.74) is -1.66. The fourth-order valence-corrected chi connectivity index (χ4v) is 5.22. The molecule has 11 N–H and O–H groups in total. The van der Waals surface area contributed by atoms with E-state index in [9.17, 15) is 61.0 Å². The summed E-state index contributed by atoms with van der Waals surface area (Å²) >= 11 is 0. The van der Waals surface area contributed by atoms with Crippen molar-refractivity contribution in [3.8, 4) is 34.3 Å². The molecule has 5 rings (SSSR count). The van der Waals surface area contributed by atoms with Gasteiger partial charge in [-0.3, -0.25) is 4.79 Å². The first-order valence-corrected chi connectivity index (χ1v) is 13.0. The molecular weight excluding hydrogens is 580 g/mol. The highest BCUT2D eigenvalue weighted by atomic mass is 16.7. The lowest BCUT2D eigenvalue weighted by Gasteiger charge is -2.46. The van der Waals surface area contributed by atoms with Crippen molar-refractivity contribution in [2.45, 2.75) is 61.2 Å². The molecular formula is C27H30O16. The number of aliphatic hydroxyl groups excluding tert-OH is 7. The molecule has 2 aliphatic heterocycles. The van der Waals surface area contributed by atoms with Crippen molar-refractivity contribution in [2.75, 3.05) is 13.2 Å². The van der Waals surface area contributed by atoms with Gasteiger partial charge in [-0.2, -0.15) is 0 Å². The van der Waals surface area contributed by atoms with Crippen LogP contribution in [0.3, 0.4) is 0 Å². The smallest absolute Gasteiger partial charge is 0.197 e. The van der Waals surface area contributed by atoms with Gasteiger partial charge in [0, 0.05) is 17.7 Å². The Hall–Kier alpha value is -3.55. The van der Waals surface area contributed by atoms with Gasteiger partial charge in [0.05, 0.1) is 18.8 Å². The first kappa shape index (κ1) is 30.9. The molecule has 0 spiro atoms. The van der Waals surface area contributed by atoms with E-state index >= 15 is 0 Å². The van der Waals surface area contributed by atoms with E-state index in [-0.39, 0.29) is 11.3 Å². The van der Waals surface area contributed by atoms with Gasteiger partial charge in [-0.05, 0) is 18.2 Å². The van der Waals surface area contributed by atoms with Crippen molar-refractivity contribution in [2.24, 2.45) is 0 Å². The summed E-state index contributed by atoms with van der Waals surface area (Å²) in [6.07, 6.45) is -17.7. The maximum absolute atomic E-state index is 13.2. The molecule has 0 aliphatic carbocycles. The molecule has 234 valence electrons. The molecule has 43 heavy (non-hydrogen) atoms. The standard InChI is InChI=1S/C27H30O16/c28-6-15-20(36)22(38)26(43-27-23(39)21(37)19(35)16(7-29)42-27)25(41-15)18-12(33)4-11(32)17-13(34)5-14(40-24(17)18)8-1-2-9(30)10(31)3-8/h1-5,15-16,19-23,25-33,35-39H,6-7H2/t15?,16?,19-,20-,21+,22+,23?,25+,26?,27+/m1/s1. The molecule has 0 saturated carbocycles. The molecule has 4 unspecified atom stereocenters. The molecule has 3 aromatic rings. The Morgan fingerprint density at radius 1 is 0.698 bits per heavy atom. The molecule has 0 bridgehead atoms. The van der Waals surface area contributed by atoms with Gasteiger partial charge in [0.1, 0.15) is 77.6 Å². The van der Waals surface area contributed by atoms with Crippen molar-refractivity contribution < 1.29 is 74.8 Å². The quantitative estimate of drug-likeness (QED) is 0.130. The minimum Gasteiger partial charge on any atom is -0.507 e. The summed E-state index contributed by atoms with van der Waals surface area (Å²) in [5.74, 6) is -2.70. The monoisotopic (exact) mass is 610 g/mol. The highest BCUT2D eigenvalue weighted by Gasteiger charge is 2.52. The molecule has 16 nitrogen and oxygen atoms in total. The Bertz CT molecular complexity index is 1540. The lowest BCUT2D eigenvalue weighted by Crippen LogP contribution is -2.62. The molecule has 2 aromatic carbocycles. The van der Waals surface area contributed by atoms with Crippen LogP contribution in [0.15, 0.2) is 39.5 Å². The number of hydrogen-bond acceptors (Lipinski definition) is 16. The lowest BCUT2D eigenvalue weighted by atomic mass is 9.89. The zero-order valence-electron chi connectivity index (χ0n) is 22.0.